The monoisotopic (exact) mass is 457 g/mol. The van der Waals surface area contributed by atoms with Gasteiger partial charge in [0.25, 0.3) is 5.56 Å². The van der Waals surface area contributed by atoms with Crippen molar-refractivity contribution >= 4 is 35.1 Å². The zero-order chi connectivity index (χ0) is 22.0. The Hall–Kier alpha value is -2.78. The van der Waals surface area contributed by atoms with Crippen molar-refractivity contribution < 1.29 is 13.9 Å². The summed E-state index contributed by atoms with van der Waals surface area (Å²) in [6.45, 7) is 2.04. The number of nitrogens with zero attached hydrogens (tertiary/aromatic N) is 2. The number of ether oxygens (including phenoxy) is 1. The third-order valence-electron chi connectivity index (χ3n) is 4.67. The SMILES string of the molecule is COc1ccc(NC(=O)CSc2nc3c(c(=O)n2-c2ccc(F)cc2)SC(C)C3)cc1. The number of carbonyl (C=O) groups excluding carboxylic acids is 1. The van der Waals surface area contributed by atoms with Gasteiger partial charge >= 0.3 is 0 Å². The number of benzene rings is 2. The van der Waals surface area contributed by atoms with E-state index >= 15 is 0 Å². The van der Waals surface area contributed by atoms with Crippen molar-refractivity contribution in [3.8, 4) is 11.4 Å². The highest BCUT2D eigenvalue weighted by Crippen LogP contribution is 2.35. The van der Waals surface area contributed by atoms with E-state index in [4.69, 9.17) is 4.74 Å². The van der Waals surface area contributed by atoms with E-state index in [0.29, 0.717) is 33.6 Å². The first-order valence-corrected chi connectivity index (χ1v) is 11.5. The number of fused-ring (bicyclic) bond motifs is 1. The third-order valence-corrected chi connectivity index (χ3v) is 6.83. The maximum atomic E-state index is 13.4. The highest BCUT2D eigenvalue weighted by molar-refractivity contribution is 8.00. The molecule has 1 atom stereocenters. The Balaban J connectivity index is 1.58. The van der Waals surface area contributed by atoms with Crippen molar-refractivity contribution in [3.63, 3.8) is 0 Å². The van der Waals surface area contributed by atoms with Crippen molar-refractivity contribution in [3.05, 3.63) is 70.4 Å². The number of anilines is 1. The van der Waals surface area contributed by atoms with Gasteiger partial charge in [0.05, 0.1) is 29.1 Å². The molecule has 0 spiro atoms. The van der Waals surface area contributed by atoms with Gasteiger partial charge in [-0.2, -0.15) is 0 Å². The van der Waals surface area contributed by atoms with Gasteiger partial charge in [-0.15, -0.1) is 11.8 Å². The lowest BCUT2D eigenvalue weighted by Crippen LogP contribution is -2.24. The first kappa shape index (κ1) is 21.5. The summed E-state index contributed by atoms with van der Waals surface area (Å²) in [5, 5.41) is 3.49. The number of nitrogens with one attached hydrogen (secondary N) is 1. The minimum absolute atomic E-state index is 0.0706. The molecule has 0 saturated heterocycles. The molecular formula is C22H20FN3O3S2. The van der Waals surface area contributed by atoms with Crippen molar-refractivity contribution in [2.45, 2.75) is 28.6 Å². The highest BCUT2D eigenvalue weighted by Gasteiger charge is 2.27. The van der Waals surface area contributed by atoms with Crippen LogP contribution in [0.25, 0.3) is 5.69 Å². The van der Waals surface area contributed by atoms with E-state index in [2.05, 4.69) is 10.3 Å². The number of methoxy groups -OCH3 is 1. The molecule has 1 N–H and O–H groups in total. The molecule has 6 nitrogen and oxygen atoms in total. The molecule has 160 valence electrons. The fourth-order valence-corrected chi connectivity index (χ4v) is 5.14. The number of amides is 1. The molecule has 1 aliphatic heterocycles. The smallest absolute Gasteiger partial charge is 0.272 e. The summed E-state index contributed by atoms with van der Waals surface area (Å²) in [6.07, 6.45) is 0.700. The molecule has 1 unspecified atom stereocenters. The number of halogens is 1. The van der Waals surface area contributed by atoms with Crippen LogP contribution >= 0.6 is 23.5 Å². The standard InChI is InChI=1S/C22H20FN3O3S2/c1-13-11-18-20(31-13)21(28)26(16-7-3-14(23)4-8-16)22(25-18)30-12-19(27)24-15-5-9-17(29-2)10-6-15/h3-10,13H,11-12H2,1-2H3,(H,24,27). The van der Waals surface area contributed by atoms with Crippen molar-refractivity contribution in [2.75, 3.05) is 18.2 Å². The largest absolute Gasteiger partial charge is 0.497 e. The van der Waals surface area contributed by atoms with Gasteiger partial charge in [0, 0.05) is 17.4 Å². The van der Waals surface area contributed by atoms with E-state index in [-0.39, 0.29) is 28.3 Å². The van der Waals surface area contributed by atoms with Gasteiger partial charge in [-0.1, -0.05) is 18.7 Å². The van der Waals surface area contributed by atoms with Gasteiger partial charge in [0.1, 0.15) is 11.6 Å². The first-order valence-electron chi connectivity index (χ1n) is 9.60. The van der Waals surface area contributed by atoms with Crippen LogP contribution in [0.4, 0.5) is 10.1 Å². The molecule has 2 aromatic carbocycles. The number of carbonyl (C=O) groups is 1. The van der Waals surface area contributed by atoms with Crippen LogP contribution in [-0.4, -0.2) is 33.6 Å². The summed E-state index contributed by atoms with van der Waals surface area (Å²) < 4.78 is 20.0. The average molecular weight is 458 g/mol. The molecule has 1 aromatic heterocycles. The average Bonchev–Trinajstić information content (AvgIpc) is 3.14. The quantitative estimate of drug-likeness (QED) is 0.443. The van der Waals surface area contributed by atoms with Crippen molar-refractivity contribution in [1.82, 2.24) is 9.55 Å². The van der Waals surface area contributed by atoms with Gasteiger partial charge in [0.2, 0.25) is 5.91 Å². The van der Waals surface area contributed by atoms with Crippen LogP contribution < -0.4 is 15.6 Å². The van der Waals surface area contributed by atoms with Crippen LogP contribution in [0.15, 0.2) is 63.4 Å². The molecule has 31 heavy (non-hydrogen) atoms. The minimum atomic E-state index is -0.387. The van der Waals surface area contributed by atoms with E-state index < -0.39 is 0 Å². The van der Waals surface area contributed by atoms with Crippen LogP contribution in [0, 0.1) is 5.82 Å². The molecular weight excluding hydrogens is 437 g/mol. The van der Waals surface area contributed by atoms with Crippen LogP contribution in [0.2, 0.25) is 0 Å². The van der Waals surface area contributed by atoms with E-state index in [1.807, 2.05) is 6.92 Å². The van der Waals surface area contributed by atoms with E-state index in [0.717, 1.165) is 5.69 Å². The number of thioether (sulfide) groups is 2. The van der Waals surface area contributed by atoms with Crippen LogP contribution in [-0.2, 0) is 11.2 Å². The molecule has 2 heterocycles. The molecule has 0 bridgehead atoms. The molecule has 0 radical (unpaired) electrons. The van der Waals surface area contributed by atoms with Gasteiger partial charge in [-0.05, 0) is 48.5 Å². The Morgan fingerprint density at radius 2 is 1.97 bits per heavy atom. The van der Waals surface area contributed by atoms with E-state index in [1.54, 1.807) is 31.4 Å². The normalized spacial score (nSPS) is 14.9. The molecule has 4 rings (SSSR count). The molecule has 0 fully saturated rings. The maximum Gasteiger partial charge on any atom is 0.272 e. The summed E-state index contributed by atoms with van der Waals surface area (Å²) in [7, 11) is 1.58. The predicted molar refractivity (Wildman–Crippen MR) is 121 cm³/mol. The zero-order valence-corrected chi connectivity index (χ0v) is 18.6. The lowest BCUT2D eigenvalue weighted by molar-refractivity contribution is -0.113. The molecule has 3 aromatic rings. The second-order valence-corrected chi connectivity index (χ2v) is 9.38. The van der Waals surface area contributed by atoms with Crippen LogP contribution in [0.5, 0.6) is 5.75 Å². The Kier molecular flexibility index (Phi) is 6.33. The number of aromatic nitrogens is 2. The first-order chi connectivity index (χ1) is 14.9. The zero-order valence-electron chi connectivity index (χ0n) is 16.9. The molecule has 0 saturated carbocycles. The maximum absolute atomic E-state index is 13.4. The number of rotatable bonds is 6. The van der Waals surface area contributed by atoms with Gasteiger partial charge in [0.15, 0.2) is 5.16 Å². The van der Waals surface area contributed by atoms with E-state index in [1.165, 1.54) is 52.4 Å². The highest BCUT2D eigenvalue weighted by atomic mass is 32.2. The Morgan fingerprint density at radius 3 is 2.65 bits per heavy atom. The lowest BCUT2D eigenvalue weighted by Gasteiger charge is -2.14. The van der Waals surface area contributed by atoms with Gasteiger partial charge < -0.3 is 10.1 Å². The fraction of sp³-hybridized carbons (Fsp3) is 0.227. The topological polar surface area (TPSA) is 73.2 Å². The minimum Gasteiger partial charge on any atom is -0.497 e. The van der Waals surface area contributed by atoms with Crippen LogP contribution in [0.3, 0.4) is 0 Å². The van der Waals surface area contributed by atoms with E-state index in [9.17, 15) is 14.0 Å². The predicted octanol–water partition coefficient (Wildman–Crippen LogP) is 4.15. The molecule has 1 aliphatic rings. The second kappa shape index (κ2) is 9.15. The summed E-state index contributed by atoms with van der Waals surface area (Å²) in [5.41, 5.74) is 1.72. The van der Waals surface area contributed by atoms with Gasteiger partial charge in [-0.25, -0.2) is 9.37 Å². The Morgan fingerprint density at radius 1 is 1.26 bits per heavy atom. The van der Waals surface area contributed by atoms with Gasteiger partial charge in [-0.3, -0.25) is 14.2 Å². The third kappa shape index (κ3) is 4.77. The molecule has 1 amide bonds. The van der Waals surface area contributed by atoms with Crippen LogP contribution in [0.1, 0.15) is 12.6 Å². The molecule has 0 aliphatic carbocycles. The van der Waals surface area contributed by atoms with Crippen molar-refractivity contribution in [2.24, 2.45) is 0 Å². The summed E-state index contributed by atoms with van der Waals surface area (Å²) in [4.78, 5) is 31.0. The summed E-state index contributed by atoms with van der Waals surface area (Å²) in [6, 6.07) is 12.7. The summed E-state index contributed by atoms with van der Waals surface area (Å²) >= 11 is 2.67. The summed E-state index contributed by atoms with van der Waals surface area (Å²) in [5.74, 6) is 0.159. The Bertz CT molecular complexity index is 1160. The molecule has 9 heteroatoms. The Labute approximate surface area is 187 Å². The number of hydrogen-bond acceptors (Lipinski definition) is 6. The fourth-order valence-electron chi connectivity index (χ4n) is 3.22. The second-order valence-electron chi connectivity index (χ2n) is 6.99. The lowest BCUT2D eigenvalue weighted by atomic mass is 10.2. The van der Waals surface area contributed by atoms with Crippen molar-refractivity contribution in [1.29, 1.82) is 0 Å². The number of hydrogen-bond donors (Lipinski definition) is 1.